The molecule has 1 N–H and O–H groups in total. The van der Waals surface area contributed by atoms with E-state index in [0.717, 1.165) is 38.2 Å². The molecule has 0 spiro atoms. The van der Waals surface area contributed by atoms with Gasteiger partial charge >= 0.3 is 5.97 Å². The first kappa shape index (κ1) is 14.4. The number of ether oxygens (including phenoxy) is 1. The third-order valence-corrected chi connectivity index (χ3v) is 2.73. The SMILES string of the molecule is C=CC(=O)OCCCCCCC[PH](=O)O. The van der Waals surface area contributed by atoms with E-state index in [9.17, 15) is 9.36 Å². The summed E-state index contributed by atoms with van der Waals surface area (Å²) in [6.07, 6.45) is 6.19. The zero-order valence-corrected chi connectivity index (χ0v) is 9.91. The van der Waals surface area contributed by atoms with Crippen LogP contribution in [0.15, 0.2) is 12.7 Å². The Labute approximate surface area is 91.2 Å². The third-order valence-electron chi connectivity index (χ3n) is 1.95. The van der Waals surface area contributed by atoms with Gasteiger partial charge in [0.15, 0.2) is 8.03 Å². The van der Waals surface area contributed by atoms with Gasteiger partial charge in [0, 0.05) is 12.2 Å². The molecule has 0 saturated carbocycles. The molecule has 15 heavy (non-hydrogen) atoms. The summed E-state index contributed by atoms with van der Waals surface area (Å²) < 4.78 is 15.2. The molecule has 0 heterocycles. The van der Waals surface area contributed by atoms with Crippen LogP contribution in [0.5, 0.6) is 0 Å². The summed E-state index contributed by atoms with van der Waals surface area (Å²) in [6, 6.07) is 0. The van der Waals surface area contributed by atoms with Gasteiger partial charge in [0.2, 0.25) is 0 Å². The number of hydrogen-bond donors (Lipinski definition) is 1. The first-order valence-corrected chi connectivity index (χ1v) is 6.74. The van der Waals surface area contributed by atoms with Crippen LogP contribution in [-0.4, -0.2) is 23.6 Å². The molecule has 88 valence electrons. The molecule has 0 aromatic heterocycles. The highest BCUT2D eigenvalue weighted by atomic mass is 31.1. The summed E-state index contributed by atoms with van der Waals surface area (Å²) >= 11 is 0. The maximum absolute atomic E-state index is 10.6. The zero-order valence-electron chi connectivity index (χ0n) is 8.91. The second kappa shape index (κ2) is 9.94. The van der Waals surface area contributed by atoms with Gasteiger partial charge in [0.25, 0.3) is 0 Å². The van der Waals surface area contributed by atoms with E-state index in [-0.39, 0.29) is 5.97 Å². The predicted octanol–water partition coefficient (Wildman–Crippen LogP) is 2.13. The standard InChI is InChI=1S/C10H19O4P/c1-2-10(11)14-8-6-4-3-5-7-9-15(12)13/h2,15H,1,3-9H2,(H,12,13). The Morgan fingerprint density at radius 3 is 2.47 bits per heavy atom. The fraction of sp³-hybridized carbons (Fsp3) is 0.700. The van der Waals surface area contributed by atoms with Gasteiger partial charge in [0.05, 0.1) is 6.61 Å². The van der Waals surface area contributed by atoms with Crippen molar-refractivity contribution in [2.24, 2.45) is 0 Å². The Hall–Kier alpha value is -0.600. The monoisotopic (exact) mass is 234 g/mol. The quantitative estimate of drug-likeness (QED) is 0.287. The zero-order chi connectivity index (χ0) is 11.5. The van der Waals surface area contributed by atoms with Crippen LogP contribution >= 0.6 is 8.03 Å². The molecular formula is C10H19O4P. The normalized spacial score (nSPS) is 12.1. The minimum Gasteiger partial charge on any atom is -0.463 e. The average molecular weight is 234 g/mol. The number of carbonyl (C=O) groups excluding carboxylic acids is 1. The van der Waals surface area contributed by atoms with E-state index in [0.29, 0.717) is 12.8 Å². The van der Waals surface area contributed by atoms with Crippen molar-refractivity contribution in [3.05, 3.63) is 12.7 Å². The van der Waals surface area contributed by atoms with E-state index in [1.165, 1.54) is 0 Å². The van der Waals surface area contributed by atoms with Crippen LogP contribution < -0.4 is 0 Å². The minimum atomic E-state index is -2.28. The highest BCUT2D eigenvalue weighted by Gasteiger charge is 1.96. The number of esters is 1. The van der Waals surface area contributed by atoms with Gasteiger partial charge in [-0.1, -0.05) is 25.8 Å². The third kappa shape index (κ3) is 11.3. The van der Waals surface area contributed by atoms with Crippen molar-refractivity contribution in [1.29, 1.82) is 0 Å². The van der Waals surface area contributed by atoms with E-state index >= 15 is 0 Å². The largest absolute Gasteiger partial charge is 0.463 e. The molecule has 0 radical (unpaired) electrons. The highest BCUT2D eigenvalue weighted by molar-refractivity contribution is 7.37. The summed E-state index contributed by atoms with van der Waals surface area (Å²) in [4.78, 5) is 19.2. The van der Waals surface area contributed by atoms with Crippen LogP contribution in [0.2, 0.25) is 0 Å². The van der Waals surface area contributed by atoms with Crippen molar-refractivity contribution in [3.63, 3.8) is 0 Å². The Kier molecular flexibility index (Phi) is 9.54. The molecule has 1 atom stereocenters. The molecule has 0 aliphatic heterocycles. The minimum absolute atomic E-state index is 0.381. The van der Waals surface area contributed by atoms with E-state index in [1.807, 2.05) is 0 Å². The van der Waals surface area contributed by atoms with Crippen molar-refractivity contribution in [2.75, 3.05) is 12.8 Å². The lowest BCUT2D eigenvalue weighted by Crippen LogP contribution is -2.01. The lowest BCUT2D eigenvalue weighted by atomic mass is 10.2. The molecule has 0 aromatic rings. The van der Waals surface area contributed by atoms with E-state index in [4.69, 9.17) is 9.63 Å². The van der Waals surface area contributed by atoms with Crippen molar-refractivity contribution < 1.29 is 19.0 Å². The molecule has 0 amide bonds. The van der Waals surface area contributed by atoms with Gasteiger partial charge in [0.1, 0.15) is 0 Å². The fourth-order valence-electron chi connectivity index (χ4n) is 1.14. The van der Waals surface area contributed by atoms with Crippen LogP contribution in [0.25, 0.3) is 0 Å². The first-order valence-electron chi connectivity index (χ1n) is 5.18. The molecule has 0 bridgehead atoms. The topological polar surface area (TPSA) is 63.6 Å². The first-order chi connectivity index (χ1) is 7.16. The predicted molar refractivity (Wildman–Crippen MR) is 60.3 cm³/mol. The summed E-state index contributed by atoms with van der Waals surface area (Å²) in [6.45, 7) is 3.72. The van der Waals surface area contributed by atoms with E-state index in [2.05, 4.69) is 6.58 Å². The lowest BCUT2D eigenvalue weighted by Gasteiger charge is -2.01. The van der Waals surface area contributed by atoms with Crippen LogP contribution in [-0.2, 0) is 14.1 Å². The maximum Gasteiger partial charge on any atom is 0.330 e. The molecular weight excluding hydrogens is 215 g/mol. The molecule has 0 aromatic carbocycles. The van der Waals surface area contributed by atoms with Crippen molar-refractivity contribution in [2.45, 2.75) is 32.1 Å². The molecule has 0 fully saturated rings. The van der Waals surface area contributed by atoms with Crippen LogP contribution in [0.1, 0.15) is 32.1 Å². The summed E-state index contributed by atoms with van der Waals surface area (Å²) in [5.74, 6) is -0.381. The van der Waals surface area contributed by atoms with E-state index < -0.39 is 8.03 Å². The van der Waals surface area contributed by atoms with Gasteiger partial charge in [-0.2, -0.15) is 0 Å². The molecule has 0 aliphatic carbocycles. The second-order valence-corrected chi connectivity index (χ2v) is 4.57. The average Bonchev–Trinajstić information content (AvgIpc) is 2.21. The molecule has 1 unspecified atom stereocenters. The molecule has 0 saturated heterocycles. The van der Waals surface area contributed by atoms with Crippen molar-refractivity contribution in [1.82, 2.24) is 0 Å². The number of carbonyl (C=O) groups is 1. The molecule has 5 heteroatoms. The van der Waals surface area contributed by atoms with Gasteiger partial charge in [-0.05, 0) is 12.8 Å². The van der Waals surface area contributed by atoms with Crippen LogP contribution in [0, 0.1) is 0 Å². The summed E-state index contributed by atoms with van der Waals surface area (Å²) in [5, 5.41) is 0. The van der Waals surface area contributed by atoms with Crippen molar-refractivity contribution >= 4 is 14.0 Å². The second-order valence-electron chi connectivity index (χ2n) is 3.28. The van der Waals surface area contributed by atoms with Crippen molar-refractivity contribution in [3.8, 4) is 0 Å². The Morgan fingerprint density at radius 2 is 1.87 bits per heavy atom. The Balaban J connectivity index is 3.08. The number of unbranched alkanes of at least 4 members (excludes halogenated alkanes) is 4. The Morgan fingerprint density at radius 1 is 1.27 bits per heavy atom. The lowest BCUT2D eigenvalue weighted by molar-refractivity contribution is -0.137. The van der Waals surface area contributed by atoms with Gasteiger partial charge < -0.3 is 9.63 Å². The number of hydrogen-bond acceptors (Lipinski definition) is 3. The van der Waals surface area contributed by atoms with E-state index in [1.54, 1.807) is 0 Å². The highest BCUT2D eigenvalue weighted by Crippen LogP contribution is 2.16. The Bertz CT molecular complexity index is 215. The summed E-state index contributed by atoms with van der Waals surface area (Å²) in [7, 11) is -2.28. The fourth-order valence-corrected chi connectivity index (χ4v) is 1.69. The van der Waals surface area contributed by atoms with Crippen LogP contribution in [0.3, 0.4) is 0 Å². The van der Waals surface area contributed by atoms with Crippen LogP contribution in [0.4, 0.5) is 0 Å². The smallest absolute Gasteiger partial charge is 0.330 e. The maximum atomic E-state index is 10.6. The molecule has 4 nitrogen and oxygen atoms in total. The van der Waals surface area contributed by atoms with Gasteiger partial charge in [-0.15, -0.1) is 0 Å². The molecule has 0 rings (SSSR count). The van der Waals surface area contributed by atoms with Gasteiger partial charge in [-0.25, -0.2) is 4.79 Å². The number of rotatable bonds is 9. The summed E-state index contributed by atoms with van der Waals surface area (Å²) in [5.41, 5.74) is 0. The van der Waals surface area contributed by atoms with Gasteiger partial charge in [-0.3, -0.25) is 4.57 Å². The molecule has 0 aliphatic rings.